The number of carbonyl (C=O) groups is 1. The fraction of sp³-hybridized carbons (Fsp3) is 0.333. The molecule has 0 saturated carbocycles. The van der Waals surface area contributed by atoms with Gasteiger partial charge in [-0.25, -0.2) is 0 Å². The molecule has 19 heavy (non-hydrogen) atoms. The van der Waals surface area contributed by atoms with Gasteiger partial charge in [0.05, 0.1) is 12.1 Å². The van der Waals surface area contributed by atoms with Gasteiger partial charge in [-0.05, 0) is 25.0 Å². The number of rotatable bonds is 5. The Hall–Kier alpha value is -1.94. The van der Waals surface area contributed by atoms with Gasteiger partial charge in [-0.15, -0.1) is 0 Å². The third-order valence-corrected chi connectivity index (χ3v) is 3.02. The monoisotopic (exact) mass is 258 g/mol. The highest BCUT2D eigenvalue weighted by molar-refractivity contribution is 5.82. The second-order valence-corrected chi connectivity index (χ2v) is 4.52. The molecule has 0 saturated heterocycles. The van der Waals surface area contributed by atoms with Crippen LogP contribution in [0.15, 0.2) is 30.3 Å². The van der Waals surface area contributed by atoms with Crippen LogP contribution in [0.5, 0.6) is 0 Å². The molecule has 0 unspecified atom stereocenters. The second-order valence-electron chi connectivity index (χ2n) is 4.52. The Balaban J connectivity index is 2.05. The summed E-state index contributed by atoms with van der Waals surface area (Å²) in [5.41, 5.74) is 3.06. The first kappa shape index (κ1) is 13.5. The Kier molecular flexibility index (Phi) is 4.47. The van der Waals surface area contributed by atoms with Gasteiger partial charge < -0.3 is 10.4 Å². The van der Waals surface area contributed by atoms with E-state index >= 15 is 0 Å². The van der Waals surface area contributed by atoms with Crippen molar-refractivity contribution in [1.82, 2.24) is 10.3 Å². The van der Waals surface area contributed by atoms with Crippen LogP contribution >= 0.6 is 0 Å². The number of nitrogens with one attached hydrogen (secondary N) is 1. The predicted octanol–water partition coefficient (Wildman–Crippen LogP) is 1.58. The molecule has 0 spiro atoms. The van der Waals surface area contributed by atoms with Crippen LogP contribution in [0.4, 0.5) is 0 Å². The van der Waals surface area contributed by atoms with Crippen LogP contribution in [0.3, 0.4) is 0 Å². The van der Waals surface area contributed by atoms with Crippen molar-refractivity contribution in [3.8, 4) is 0 Å². The zero-order valence-electron chi connectivity index (χ0n) is 11.0. The summed E-state index contributed by atoms with van der Waals surface area (Å²) in [6, 6.07) is 10.1. The van der Waals surface area contributed by atoms with Crippen LogP contribution < -0.4 is 5.32 Å². The van der Waals surface area contributed by atoms with E-state index in [0.29, 0.717) is 19.4 Å². The minimum atomic E-state index is -0.0549. The maximum Gasteiger partial charge on any atom is 0.220 e. The van der Waals surface area contributed by atoms with Crippen molar-refractivity contribution in [1.29, 1.82) is 0 Å². The molecule has 0 radical (unpaired) electrons. The maximum absolute atomic E-state index is 11.5. The van der Waals surface area contributed by atoms with Crippen LogP contribution in [0, 0.1) is 6.92 Å². The van der Waals surface area contributed by atoms with Gasteiger partial charge in [0.15, 0.2) is 0 Å². The molecule has 1 aromatic heterocycles. The Labute approximate surface area is 112 Å². The number of aromatic nitrogens is 1. The first-order chi connectivity index (χ1) is 9.20. The molecule has 0 bridgehead atoms. The molecule has 1 aromatic carbocycles. The molecule has 100 valence electrons. The van der Waals surface area contributed by atoms with Crippen molar-refractivity contribution in [3.05, 3.63) is 41.6 Å². The van der Waals surface area contributed by atoms with Crippen LogP contribution in [-0.2, 0) is 11.2 Å². The SMILES string of the molecule is Cc1cccc2ccc(CCC(=O)NCCO)nc12. The molecule has 2 N–H and O–H groups in total. The molecule has 2 aromatic rings. The second kappa shape index (κ2) is 6.29. The molecule has 0 aliphatic heterocycles. The van der Waals surface area contributed by atoms with Crippen LogP contribution in [0.25, 0.3) is 10.9 Å². The number of hydrogen-bond acceptors (Lipinski definition) is 3. The smallest absolute Gasteiger partial charge is 0.220 e. The van der Waals surface area contributed by atoms with Gasteiger partial charge in [-0.3, -0.25) is 9.78 Å². The topological polar surface area (TPSA) is 62.2 Å². The fourth-order valence-corrected chi connectivity index (χ4v) is 2.00. The van der Waals surface area contributed by atoms with Crippen molar-refractivity contribution in [2.45, 2.75) is 19.8 Å². The Morgan fingerprint density at radius 3 is 2.95 bits per heavy atom. The number of nitrogens with zero attached hydrogens (tertiary/aromatic N) is 1. The minimum absolute atomic E-state index is 0.0286. The predicted molar refractivity (Wildman–Crippen MR) is 74.9 cm³/mol. The number of aryl methyl sites for hydroxylation is 2. The summed E-state index contributed by atoms with van der Waals surface area (Å²) in [6.45, 7) is 2.31. The van der Waals surface area contributed by atoms with Gasteiger partial charge in [0, 0.05) is 24.0 Å². The molecule has 4 heteroatoms. The normalized spacial score (nSPS) is 10.6. The molecule has 4 nitrogen and oxygen atoms in total. The van der Waals surface area contributed by atoms with Gasteiger partial charge in [-0.2, -0.15) is 0 Å². The Morgan fingerprint density at radius 1 is 1.32 bits per heavy atom. The maximum atomic E-state index is 11.5. The first-order valence-corrected chi connectivity index (χ1v) is 6.43. The summed E-state index contributed by atoms with van der Waals surface area (Å²) in [7, 11) is 0. The molecule has 0 atom stereocenters. The van der Waals surface area contributed by atoms with Crippen LogP contribution in [-0.4, -0.2) is 29.1 Å². The number of aliphatic hydroxyl groups is 1. The average molecular weight is 258 g/mol. The zero-order valence-corrected chi connectivity index (χ0v) is 11.0. The minimum Gasteiger partial charge on any atom is -0.395 e. The molecule has 0 fully saturated rings. The van der Waals surface area contributed by atoms with E-state index in [2.05, 4.69) is 10.3 Å². The molecule has 2 rings (SSSR count). The van der Waals surface area contributed by atoms with Gasteiger partial charge in [-0.1, -0.05) is 24.3 Å². The van der Waals surface area contributed by atoms with Crippen molar-refractivity contribution in [2.75, 3.05) is 13.2 Å². The number of para-hydroxylation sites is 1. The molecular weight excluding hydrogens is 240 g/mol. The number of aliphatic hydroxyl groups excluding tert-OH is 1. The average Bonchev–Trinajstić information content (AvgIpc) is 2.43. The standard InChI is InChI=1S/C15H18N2O2/c1-11-3-2-4-12-5-6-13(17-15(11)12)7-8-14(19)16-9-10-18/h2-6,18H,7-10H2,1H3,(H,16,19). The van der Waals surface area contributed by atoms with Crippen LogP contribution in [0.2, 0.25) is 0 Å². The molecule has 0 aliphatic carbocycles. The summed E-state index contributed by atoms with van der Waals surface area (Å²) in [6.07, 6.45) is 1.01. The number of benzene rings is 1. The number of pyridine rings is 1. The number of hydrogen-bond donors (Lipinski definition) is 2. The Bertz CT molecular complexity index is 581. The highest BCUT2D eigenvalue weighted by Gasteiger charge is 2.04. The molecular formula is C15H18N2O2. The lowest BCUT2D eigenvalue weighted by Gasteiger charge is -2.06. The summed E-state index contributed by atoms with van der Waals surface area (Å²) in [4.78, 5) is 16.1. The number of carbonyl (C=O) groups excluding carboxylic acids is 1. The summed E-state index contributed by atoms with van der Waals surface area (Å²) < 4.78 is 0. The number of amides is 1. The van der Waals surface area contributed by atoms with Gasteiger partial charge in [0.25, 0.3) is 0 Å². The lowest BCUT2D eigenvalue weighted by molar-refractivity contribution is -0.121. The lowest BCUT2D eigenvalue weighted by atomic mass is 10.1. The Morgan fingerprint density at radius 2 is 2.16 bits per heavy atom. The quantitative estimate of drug-likeness (QED) is 0.856. The first-order valence-electron chi connectivity index (χ1n) is 6.43. The van der Waals surface area contributed by atoms with Crippen molar-refractivity contribution < 1.29 is 9.90 Å². The molecule has 1 heterocycles. The summed E-state index contributed by atoms with van der Waals surface area (Å²) in [5, 5.41) is 12.4. The number of fused-ring (bicyclic) bond motifs is 1. The van der Waals surface area contributed by atoms with E-state index < -0.39 is 0 Å². The largest absolute Gasteiger partial charge is 0.395 e. The van der Waals surface area contributed by atoms with Crippen LogP contribution in [0.1, 0.15) is 17.7 Å². The van der Waals surface area contributed by atoms with E-state index in [0.717, 1.165) is 22.2 Å². The van der Waals surface area contributed by atoms with Crippen molar-refractivity contribution >= 4 is 16.8 Å². The highest BCUT2D eigenvalue weighted by Crippen LogP contribution is 2.16. The summed E-state index contributed by atoms with van der Waals surface area (Å²) >= 11 is 0. The van der Waals surface area contributed by atoms with Gasteiger partial charge in [0.1, 0.15) is 0 Å². The molecule has 0 aliphatic rings. The lowest BCUT2D eigenvalue weighted by Crippen LogP contribution is -2.26. The highest BCUT2D eigenvalue weighted by atomic mass is 16.3. The molecule has 1 amide bonds. The third kappa shape index (κ3) is 3.51. The summed E-state index contributed by atoms with van der Waals surface area (Å²) in [5.74, 6) is -0.0549. The van der Waals surface area contributed by atoms with E-state index in [1.807, 2.05) is 37.3 Å². The van der Waals surface area contributed by atoms with E-state index in [-0.39, 0.29) is 12.5 Å². The zero-order chi connectivity index (χ0) is 13.7. The van der Waals surface area contributed by atoms with Crippen molar-refractivity contribution in [3.63, 3.8) is 0 Å². The van der Waals surface area contributed by atoms with E-state index in [1.165, 1.54) is 0 Å². The third-order valence-electron chi connectivity index (χ3n) is 3.02. The fourth-order valence-electron chi connectivity index (χ4n) is 2.00. The van der Waals surface area contributed by atoms with E-state index in [9.17, 15) is 4.79 Å². The van der Waals surface area contributed by atoms with E-state index in [4.69, 9.17) is 5.11 Å². The van der Waals surface area contributed by atoms with Gasteiger partial charge in [0.2, 0.25) is 5.91 Å². The van der Waals surface area contributed by atoms with Gasteiger partial charge >= 0.3 is 0 Å². The van der Waals surface area contributed by atoms with Crippen molar-refractivity contribution in [2.24, 2.45) is 0 Å². The van der Waals surface area contributed by atoms with E-state index in [1.54, 1.807) is 0 Å².